The average molecular weight is 353 g/mol. The van der Waals surface area contributed by atoms with Gasteiger partial charge in [-0.1, -0.05) is 0 Å². The smallest absolute Gasteiger partial charge is 0.326 e. The molecule has 1 atom stereocenters. The zero-order chi connectivity index (χ0) is 15.0. The average Bonchev–Trinajstić information content (AvgIpc) is 2.89. The molecule has 21 heavy (non-hydrogen) atoms. The van der Waals surface area contributed by atoms with Gasteiger partial charge in [0.1, 0.15) is 11.6 Å². The summed E-state index contributed by atoms with van der Waals surface area (Å²) in [4.78, 5) is 29.5. The number of aromatic nitrogens is 3. The van der Waals surface area contributed by atoms with Gasteiger partial charge in [-0.05, 0) is 35.2 Å². The second-order valence-corrected chi connectivity index (χ2v) is 5.86. The van der Waals surface area contributed by atoms with Crippen LogP contribution >= 0.6 is 15.9 Å². The van der Waals surface area contributed by atoms with E-state index >= 15 is 0 Å². The van der Waals surface area contributed by atoms with Gasteiger partial charge in [0.25, 0.3) is 5.91 Å². The molecule has 0 spiro atoms. The van der Waals surface area contributed by atoms with E-state index in [1.807, 2.05) is 0 Å². The number of carbonyl (C=O) groups excluding carboxylic acids is 1. The summed E-state index contributed by atoms with van der Waals surface area (Å²) in [5.74, 6) is -1.29. The largest absolute Gasteiger partial charge is 0.480 e. The number of hydrogen-bond acceptors (Lipinski definition) is 4. The number of likely N-dealkylation sites (tertiary alicyclic amines) is 1. The predicted octanol–water partition coefficient (Wildman–Crippen LogP) is 1.57. The summed E-state index contributed by atoms with van der Waals surface area (Å²) < 4.78 is 2.25. The summed E-state index contributed by atoms with van der Waals surface area (Å²) >= 11 is 3.29. The number of carboxylic acid groups (broad SMARTS) is 1. The maximum Gasteiger partial charge on any atom is 0.326 e. The van der Waals surface area contributed by atoms with Crippen molar-refractivity contribution < 1.29 is 14.7 Å². The van der Waals surface area contributed by atoms with Crippen molar-refractivity contribution in [3.05, 3.63) is 28.6 Å². The number of carbonyl (C=O) groups is 2. The molecule has 0 aromatic carbocycles. The Morgan fingerprint density at radius 3 is 2.90 bits per heavy atom. The molecule has 1 aliphatic rings. The van der Waals surface area contributed by atoms with Crippen LogP contribution in [0, 0.1) is 0 Å². The van der Waals surface area contributed by atoms with Gasteiger partial charge in [-0.25, -0.2) is 14.3 Å². The number of aliphatic carboxylic acids is 1. The van der Waals surface area contributed by atoms with Crippen LogP contribution in [0.25, 0.3) is 5.65 Å². The van der Waals surface area contributed by atoms with Gasteiger partial charge in [0.2, 0.25) is 0 Å². The first-order valence-electron chi connectivity index (χ1n) is 6.60. The van der Waals surface area contributed by atoms with Crippen LogP contribution < -0.4 is 0 Å². The van der Waals surface area contributed by atoms with E-state index in [1.165, 1.54) is 15.6 Å². The van der Waals surface area contributed by atoms with Crippen molar-refractivity contribution in [2.75, 3.05) is 6.54 Å². The number of carboxylic acids is 1. The number of amides is 1. The van der Waals surface area contributed by atoms with Crippen LogP contribution in [0.2, 0.25) is 0 Å². The third-order valence-electron chi connectivity index (χ3n) is 3.60. The minimum absolute atomic E-state index is 0.327. The molecule has 2 aromatic heterocycles. The molecule has 0 aliphatic carbocycles. The lowest BCUT2D eigenvalue weighted by molar-refractivity contribution is -0.143. The first kappa shape index (κ1) is 14.0. The van der Waals surface area contributed by atoms with Crippen molar-refractivity contribution >= 4 is 33.5 Å². The summed E-state index contributed by atoms with van der Waals surface area (Å²) in [5.41, 5.74) is 0.758. The molecule has 2 aromatic rings. The molecule has 0 saturated carbocycles. The van der Waals surface area contributed by atoms with Crippen LogP contribution in [0.3, 0.4) is 0 Å². The van der Waals surface area contributed by atoms with Crippen LogP contribution in [0.5, 0.6) is 0 Å². The molecule has 7 nitrogen and oxygen atoms in total. The Morgan fingerprint density at radius 2 is 2.14 bits per heavy atom. The van der Waals surface area contributed by atoms with Crippen molar-refractivity contribution in [1.29, 1.82) is 0 Å². The van der Waals surface area contributed by atoms with Crippen molar-refractivity contribution in [3.8, 4) is 0 Å². The molecular formula is C13H13BrN4O3. The Balaban J connectivity index is 1.97. The molecule has 1 amide bonds. The summed E-state index contributed by atoms with van der Waals surface area (Å²) in [6.45, 7) is 0.448. The summed E-state index contributed by atoms with van der Waals surface area (Å²) in [5, 5.41) is 13.4. The minimum Gasteiger partial charge on any atom is -0.480 e. The van der Waals surface area contributed by atoms with Gasteiger partial charge in [0.15, 0.2) is 5.65 Å². The van der Waals surface area contributed by atoms with Crippen LogP contribution in [-0.2, 0) is 4.79 Å². The fourth-order valence-electron chi connectivity index (χ4n) is 2.59. The zero-order valence-electron chi connectivity index (χ0n) is 11.1. The molecule has 1 fully saturated rings. The molecule has 110 valence electrons. The van der Waals surface area contributed by atoms with Gasteiger partial charge in [0.05, 0.1) is 10.7 Å². The SMILES string of the molecule is O=C(O)C1CCCCN1C(=O)c1cnn2cc(Br)cnc12. The maximum absolute atomic E-state index is 12.6. The van der Waals surface area contributed by atoms with Gasteiger partial charge in [0, 0.05) is 18.9 Å². The third kappa shape index (κ3) is 2.51. The van der Waals surface area contributed by atoms with Crippen molar-refractivity contribution in [1.82, 2.24) is 19.5 Å². The van der Waals surface area contributed by atoms with E-state index in [0.29, 0.717) is 24.2 Å². The Kier molecular flexibility index (Phi) is 3.62. The van der Waals surface area contributed by atoms with Crippen LogP contribution in [0.15, 0.2) is 23.1 Å². The van der Waals surface area contributed by atoms with Crippen LogP contribution in [0.1, 0.15) is 29.6 Å². The highest BCUT2D eigenvalue weighted by molar-refractivity contribution is 9.10. The molecule has 0 radical (unpaired) electrons. The van der Waals surface area contributed by atoms with Crippen molar-refractivity contribution in [3.63, 3.8) is 0 Å². The molecule has 1 unspecified atom stereocenters. The first-order valence-corrected chi connectivity index (χ1v) is 7.40. The standard InChI is InChI=1S/C13H13BrN4O3/c14-8-5-15-11-9(6-16-18(11)7-8)12(19)17-4-2-1-3-10(17)13(20)21/h5-7,10H,1-4H2,(H,20,21). The van der Waals surface area contributed by atoms with E-state index in [1.54, 1.807) is 12.4 Å². The minimum atomic E-state index is -0.963. The van der Waals surface area contributed by atoms with Gasteiger partial charge in [-0.2, -0.15) is 5.10 Å². The Morgan fingerprint density at radius 1 is 1.33 bits per heavy atom. The Labute approximate surface area is 128 Å². The fourth-order valence-corrected chi connectivity index (χ4v) is 2.89. The van der Waals surface area contributed by atoms with Gasteiger partial charge < -0.3 is 10.0 Å². The first-order chi connectivity index (χ1) is 10.1. The van der Waals surface area contributed by atoms with Crippen molar-refractivity contribution in [2.24, 2.45) is 0 Å². The van der Waals surface area contributed by atoms with Gasteiger partial charge in [-0.15, -0.1) is 0 Å². The Bertz CT molecular complexity index is 715. The monoisotopic (exact) mass is 352 g/mol. The van der Waals surface area contributed by atoms with E-state index in [2.05, 4.69) is 26.0 Å². The van der Waals surface area contributed by atoms with Crippen molar-refractivity contribution in [2.45, 2.75) is 25.3 Å². The highest BCUT2D eigenvalue weighted by atomic mass is 79.9. The summed E-state index contributed by atoms with van der Waals surface area (Å²) in [6.07, 6.45) is 6.83. The molecule has 3 rings (SSSR count). The lowest BCUT2D eigenvalue weighted by atomic mass is 10.0. The zero-order valence-corrected chi connectivity index (χ0v) is 12.7. The van der Waals surface area contributed by atoms with Crippen LogP contribution in [-0.4, -0.2) is 49.1 Å². The second-order valence-electron chi connectivity index (χ2n) is 4.95. The maximum atomic E-state index is 12.6. The number of rotatable bonds is 2. The van der Waals surface area contributed by atoms with E-state index < -0.39 is 12.0 Å². The molecule has 8 heteroatoms. The highest BCUT2D eigenvalue weighted by Gasteiger charge is 2.33. The fraction of sp³-hybridized carbons (Fsp3) is 0.385. The van der Waals surface area contributed by atoms with E-state index in [4.69, 9.17) is 0 Å². The Hall–Kier alpha value is -1.96. The number of fused-ring (bicyclic) bond motifs is 1. The quantitative estimate of drug-likeness (QED) is 0.886. The molecule has 0 bridgehead atoms. The lowest BCUT2D eigenvalue weighted by Crippen LogP contribution is -2.48. The molecule has 1 aliphatic heterocycles. The normalized spacial score (nSPS) is 18.9. The van der Waals surface area contributed by atoms with Gasteiger partial charge in [-0.3, -0.25) is 4.79 Å². The number of nitrogens with zero attached hydrogens (tertiary/aromatic N) is 4. The summed E-state index contributed by atoms with van der Waals surface area (Å²) in [6, 6.07) is -0.767. The molecule has 1 N–H and O–H groups in total. The van der Waals surface area contributed by atoms with E-state index in [-0.39, 0.29) is 5.91 Å². The summed E-state index contributed by atoms with van der Waals surface area (Å²) in [7, 11) is 0. The molecular weight excluding hydrogens is 340 g/mol. The van der Waals surface area contributed by atoms with Gasteiger partial charge >= 0.3 is 5.97 Å². The number of hydrogen-bond donors (Lipinski definition) is 1. The predicted molar refractivity (Wildman–Crippen MR) is 77.0 cm³/mol. The van der Waals surface area contributed by atoms with E-state index in [9.17, 15) is 14.7 Å². The third-order valence-corrected chi connectivity index (χ3v) is 4.01. The lowest BCUT2D eigenvalue weighted by Gasteiger charge is -2.32. The highest BCUT2D eigenvalue weighted by Crippen LogP contribution is 2.21. The molecule has 3 heterocycles. The van der Waals surface area contributed by atoms with E-state index in [0.717, 1.165) is 17.3 Å². The number of piperidine rings is 1. The second kappa shape index (κ2) is 5.44. The molecule has 1 saturated heterocycles. The van der Waals surface area contributed by atoms with Crippen LogP contribution in [0.4, 0.5) is 0 Å². The topological polar surface area (TPSA) is 87.8 Å². The number of halogens is 1.